The second-order valence-corrected chi connectivity index (χ2v) is 8.73. The molecule has 36 heavy (non-hydrogen) atoms. The summed E-state index contributed by atoms with van der Waals surface area (Å²) in [6, 6.07) is 25.2. The van der Waals surface area contributed by atoms with Gasteiger partial charge in [0.25, 0.3) is 0 Å². The fourth-order valence-electron chi connectivity index (χ4n) is 3.82. The molecular formula is C30H32N2O4. The Balaban J connectivity index is 1.30. The Labute approximate surface area is 212 Å². The van der Waals surface area contributed by atoms with Gasteiger partial charge in [0.1, 0.15) is 17.3 Å². The van der Waals surface area contributed by atoms with Crippen LogP contribution < -0.4 is 9.47 Å². The fraction of sp³-hybridized carbons (Fsp3) is 0.267. The van der Waals surface area contributed by atoms with Gasteiger partial charge in [-0.1, -0.05) is 55.0 Å². The molecule has 3 aromatic carbocycles. The minimum atomic E-state index is -0.348. The summed E-state index contributed by atoms with van der Waals surface area (Å²) >= 11 is 0. The van der Waals surface area contributed by atoms with Crippen molar-refractivity contribution in [3.63, 3.8) is 0 Å². The molecule has 0 saturated carbocycles. The summed E-state index contributed by atoms with van der Waals surface area (Å²) < 4.78 is 17.3. The van der Waals surface area contributed by atoms with Crippen molar-refractivity contribution in [2.24, 2.45) is 0 Å². The maximum atomic E-state index is 12.7. The predicted molar refractivity (Wildman–Crippen MR) is 140 cm³/mol. The third kappa shape index (κ3) is 6.75. The van der Waals surface area contributed by atoms with E-state index in [0.29, 0.717) is 37.8 Å². The van der Waals surface area contributed by atoms with Crippen LogP contribution in [0, 0.1) is 13.8 Å². The molecule has 0 N–H and O–H groups in total. The van der Waals surface area contributed by atoms with E-state index in [9.17, 15) is 4.79 Å². The Hall–Kier alpha value is -4.06. The summed E-state index contributed by atoms with van der Waals surface area (Å²) in [6.45, 7) is 7.55. The number of aryl methyl sites for hydroxylation is 2. The molecule has 0 saturated heterocycles. The molecule has 1 heterocycles. The largest absolute Gasteiger partial charge is 0.493 e. The Morgan fingerprint density at radius 3 is 2.31 bits per heavy atom. The molecule has 0 atom stereocenters. The van der Waals surface area contributed by atoms with Gasteiger partial charge in [-0.25, -0.2) is 9.78 Å². The second-order valence-electron chi connectivity index (χ2n) is 8.73. The summed E-state index contributed by atoms with van der Waals surface area (Å²) in [7, 11) is 0. The third-order valence-electron chi connectivity index (χ3n) is 5.80. The summed E-state index contributed by atoms with van der Waals surface area (Å²) in [5.41, 5.74) is 3.99. The lowest BCUT2D eigenvalue weighted by molar-refractivity contribution is 0.149. The van der Waals surface area contributed by atoms with Gasteiger partial charge in [-0.3, -0.25) is 0 Å². The number of nitrogens with zero attached hydrogens (tertiary/aromatic N) is 2. The number of amides is 1. The Morgan fingerprint density at radius 1 is 0.917 bits per heavy atom. The van der Waals surface area contributed by atoms with E-state index in [1.165, 1.54) is 0 Å². The van der Waals surface area contributed by atoms with Gasteiger partial charge in [-0.05, 0) is 62.2 Å². The molecule has 0 aliphatic carbocycles. The molecule has 0 aliphatic rings. The lowest BCUT2D eigenvalue weighted by Gasteiger charge is -2.21. The monoisotopic (exact) mass is 484 g/mol. The molecule has 1 aromatic heterocycles. The van der Waals surface area contributed by atoms with Crippen molar-refractivity contribution in [1.29, 1.82) is 0 Å². The molecule has 0 bridgehead atoms. The molecule has 0 aliphatic heterocycles. The average molecular weight is 485 g/mol. The van der Waals surface area contributed by atoms with Gasteiger partial charge >= 0.3 is 6.09 Å². The Bertz CT molecular complexity index is 1250. The minimum Gasteiger partial charge on any atom is -0.493 e. The number of hydrogen-bond donors (Lipinski definition) is 0. The van der Waals surface area contributed by atoms with Crippen molar-refractivity contribution >= 4 is 6.09 Å². The van der Waals surface area contributed by atoms with Crippen LogP contribution in [0.5, 0.6) is 11.5 Å². The van der Waals surface area contributed by atoms with Gasteiger partial charge in [0.2, 0.25) is 5.89 Å². The van der Waals surface area contributed by atoms with Crippen molar-refractivity contribution < 1.29 is 18.7 Å². The van der Waals surface area contributed by atoms with Crippen LogP contribution in [0.2, 0.25) is 0 Å². The maximum absolute atomic E-state index is 12.7. The van der Waals surface area contributed by atoms with E-state index in [2.05, 4.69) is 4.98 Å². The Kier molecular flexibility index (Phi) is 8.40. The number of hydrogen-bond acceptors (Lipinski definition) is 5. The molecule has 4 rings (SSSR count). The quantitative estimate of drug-likeness (QED) is 0.243. The van der Waals surface area contributed by atoms with E-state index in [1.807, 2.05) is 99.6 Å². The van der Waals surface area contributed by atoms with Crippen molar-refractivity contribution in [2.45, 2.75) is 40.2 Å². The number of rotatable bonds is 10. The highest BCUT2D eigenvalue weighted by atomic mass is 16.6. The van der Waals surface area contributed by atoms with Crippen molar-refractivity contribution in [3.05, 3.63) is 101 Å². The van der Waals surface area contributed by atoms with Crippen molar-refractivity contribution in [3.8, 4) is 23.0 Å². The average Bonchev–Trinajstić information content (AvgIpc) is 3.27. The molecule has 6 heteroatoms. The molecule has 6 nitrogen and oxygen atoms in total. The zero-order valence-electron chi connectivity index (χ0n) is 21.1. The first-order valence-corrected chi connectivity index (χ1v) is 12.3. The van der Waals surface area contributed by atoms with E-state index in [1.54, 1.807) is 4.90 Å². The van der Waals surface area contributed by atoms with Crippen molar-refractivity contribution in [2.75, 3.05) is 13.2 Å². The number of carbonyl (C=O) groups excluding carboxylic acids is 1. The lowest BCUT2D eigenvalue weighted by Crippen LogP contribution is -2.33. The number of oxazole rings is 1. The SMILES string of the molecule is CCCN(Cc1ccc(OCCc2nc(-c3ccccc3)oc2C)cc1)C(=O)Oc1ccc(C)cc1. The van der Waals surface area contributed by atoms with Gasteiger partial charge in [0.15, 0.2) is 0 Å². The highest BCUT2D eigenvalue weighted by Crippen LogP contribution is 2.22. The van der Waals surface area contributed by atoms with Gasteiger partial charge in [0.05, 0.1) is 12.3 Å². The van der Waals surface area contributed by atoms with Gasteiger partial charge in [-0.2, -0.15) is 0 Å². The first kappa shape index (κ1) is 25.0. The molecule has 0 fully saturated rings. The number of ether oxygens (including phenoxy) is 2. The highest BCUT2D eigenvalue weighted by Gasteiger charge is 2.16. The first-order valence-electron chi connectivity index (χ1n) is 12.3. The predicted octanol–water partition coefficient (Wildman–Crippen LogP) is 6.99. The summed E-state index contributed by atoms with van der Waals surface area (Å²) in [5.74, 6) is 2.76. The molecule has 1 amide bonds. The fourth-order valence-corrected chi connectivity index (χ4v) is 3.82. The smallest absolute Gasteiger partial charge is 0.415 e. The van der Waals surface area contributed by atoms with Crippen LogP contribution in [0.15, 0.2) is 83.3 Å². The molecule has 4 aromatic rings. The van der Waals surface area contributed by atoms with E-state index in [0.717, 1.165) is 40.3 Å². The molecule has 0 radical (unpaired) electrons. The first-order chi connectivity index (χ1) is 17.5. The van der Waals surface area contributed by atoms with E-state index in [4.69, 9.17) is 13.9 Å². The number of carbonyl (C=O) groups is 1. The van der Waals surface area contributed by atoms with Crippen LogP contribution in [0.4, 0.5) is 4.79 Å². The molecular weight excluding hydrogens is 452 g/mol. The minimum absolute atomic E-state index is 0.348. The van der Waals surface area contributed by atoms with Crippen LogP contribution in [-0.4, -0.2) is 29.1 Å². The normalized spacial score (nSPS) is 10.8. The third-order valence-corrected chi connectivity index (χ3v) is 5.80. The van der Waals surface area contributed by atoms with E-state index in [-0.39, 0.29) is 6.09 Å². The molecule has 186 valence electrons. The topological polar surface area (TPSA) is 64.8 Å². The zero-order valence-corrected chi connectivity index (χ0v) is 21.1. The van der Waals surface area contributed by atoms with Crippen molar-refractivity contribution in [1.82, 2.24) is 9.88 Å². The van der Waals surface area contributed by atoms with Crippen LogP contribution in [0.1, 0.15) is 35.9 Å². The highest BCUT2D eigenvalue weighted by molar-refractivity contribution is 5.70. The summed E-state index contributed by atoms with van der Waals surface area (Å²) in [5, 5.41) is 0. The molecule has 0 unspecified atom stereocenters. The van der Waals surface area contributed by atoms with Crippen LogP contribution >= 0.6 is 0 Å². The second kappa shape index (κ2) is 12.1. The van der Waals surface area contributed by atoms with E-state index >= 15 is 0 Å². The lowest BCUT2D eigenvalue weighted by atomic mass is 10.2. The van der Waals surface area contributed by atoms with Crippen LogP contribution in [-0.2, 0) is 13.0 Å². The number of aromatic nitrogens is 1. The molecule has 0 spiro atoms. The van der Waals surface area contributed by atoms with Gasteiger partial charge < -0.3 is 18.8 Å². The van der Waals surface area contributed by atoms with Gasteiger partial charge in [0, 0.05) is 25.1 Å². The Morgan fingerprint density at radius 2 is 1.61 bits per heavy atom. The summed E-state index contributed by atoms with van der Waals surface area (Å²) in [4.78, 5) is 19.1. The summed E-state index contributed by atoms with van der Waals surface area (Å²) in [6.07, 6.45) is 1.15. The number of benzene rings is 3. The van der Waals surface area contributed by atoms with Gasteiger partial charge in [-0.15, -0.1) is 0 Å². The zero-order chi connectivity index (χ0) is 25.3. The van der Waals surface area contributed by atoms with Crippen LogP contribution in [0.25, 0.3) is 11.5 Å². The maximum Gasteiger partial charge on any atom is 0.415 e. The van der Waals surface area contributed by atoms with Crippen LogP contribution in [0.3, 0.4) is 0 Å². The van der Waals surface area contributed by atoms with E-state index < -0.39 is 0 Å². The standard InChI is InChI=1S/C30H32N2O4/c1-4-19-32(30(33)36-27-14-10-22(2)11-15-27)21-24-12-16-26(17-13-24)34-20-18-28-23(3)35-29(31-28)25-8-6-5-7-9-25/h5-17H,4,18-21H2,1-3H3.